The van der Waals surface area contributed by atoms with E-state index in [1.165, 1.54) is 56.8 Å². The van der Waals surface area contributed by atoms with E-state index in [2.05, 4.69) is 28.9 Å². The second-order valence-corrected chi connectivity index (χ2v) is 5.99. The van der Waals surface area contributed by atoms with Gasteiger partial charge in [-0.1, -0.05) is 6.92 Å². The molecule has 0 aromatic rings. The van der Waals surface area contributed by atoms with Gasteiger partial charge in [0.2, 0.25) is 0 Å². The second kappa shape index (κ2) is 6.12. The van der Waals surface area contributed by atoms with Gasteiger partial charge in [-0.25, -0.2) is 0 Å². The van der Waals surface area contributed by atoms with Gasteiger partial charge in [0, 0.05) is 17.8 Å². The first kappa shape index (κ1) is 11.7. The highest BCUT2D eigenvalue weighted by Gasteiger charge is 2.22. The maximum atomic E-state index is 3.83. The minimum absolute atomic E-state index is 0.807. The van der Waals surface area contributed by atoms with Crippen molar-refractivity contribution < 1.29 is 0 Å². The summed E-state index contributed by atoms with van der Waals surface area (Å²) in [5, 5.41) is 3.83. The lowest BCUT2D eigenvalue weighted by Crippen LogP contribution is -2.46. The molecule has 2 aliphatic rings. The smallest absolute Gasteiger partial charge is 0.0168 e. The van der Waals surface area contributed by atoms with Crippen molar-refractivity contribution in [1.29, 1.82) is 0 Å². The van der Waals surface area contributed by atoms with E-state index in [1.807, 2.05) is 0 Å². The average molecular weight is 228 g/mol. The Morgan fingerprint density at radius 1 is 1.20 bits per heavy atom. The number of hydrogen-bond donors (Lipinski definition) is 1. The zero-order chi connectivity index (χ0) is 10.5. The summed E-state index contributed by atoms with van der Waals surface area (Å²) in [6, 6.07) is 1.62. The Kier molecular flexibility index (Phi) is 4.79. The Morgan fingerprint density at radius 2 is 2.00 bits per heavy atom. The van der Waals surface area contributed by atoms with E-state index in [9.17, 15) is 0 Å². The lowest BCUT2D eigenvalue weighted by molar-refractivity contribution is 0.193. The quantitative estimate of drug-likeness (QED) is 0.792. The maximum absolute atomic E-state index is 3.83. The Bertz CT molecular complexity index is 172. The first-order chi connectivity index (χ1) is 7.38. The van der Waals surface area contributed by atoms with Gasteiger partial charge in [-0.05, 0) is 51.1 Å². The third-order valence-corrected chi connectivity index (χ3v) is 4.69. The van der Waals surface area contributed by atoms with E-state index in [0.717, 1.165) is 12.1 Å². The number of hydrogen-bond acceptors (Lipinski definition) is 3. The summed E-state index contributed by atoms with van der Waals surface area (Å²) in [6.45, 7) is 6.20. The van der Waals surface area contributed by atoms with E-state index in [-0.39, 0.29) is 0 Å². The molecule has 15 heavy (non-hydrogen) atoms. The molecule has 0 spiro atoms. The van der Waals surface area contributed by atoms with Crippen LogP contribution in [-0.2, 0) is 0 Å². The van der Waals surface area contributed by atoms with Crippen molar-refractivity contribution in [2.45, 2.75) is 44.7 Å². The van der Waals surface area contributed by atoms with Crippen LogP contribution in [0.4, 0.5) is 0 Å². The topological polar surface area (TPSA) is 15.3 Å². The lowest BCUT2D eigenvalue weighted by atomic mass is 10.0. The molecule has 0 aromatic carbocycles. The average Bonchev–Trinajstić information content (AvgIpc) is 2.74. The third-order valence-electron chi connectivity index (χ3n) is 3.53. The first-order valence-corrected chi connectivity index (χ1v) is 7.60. The molecule has 3 heteroatoms. The van der Waals surface area contributed by atoms with Gasteiger partial charge in [0.15, 0.2) is 0 Å². The molecule has 1 atom stereocenters. The molecule has 0 bridgehead atoms. The Labute approximate surface area is 98.2 Å². The molecule has 88 valence electrons. The lowest BCUT2D eigenvalue weighted by Gasteiger charge is -2.33. The number of thioether (sulfide) groups is 1. The van der Waals surface area contributed by atoms with Crippen LogP contribution in [0.5, 0.6) is 0 Å². The number of nitrogens with one attached hydrogen (secondary N) is 1. The van der Waals surface area contributed by atoms with Crippen LogP contribution >= 0.6 is 11.8 Å². The van der Waals surface area contributed by atoms with Crippen molar-refractivity contribution in [3.8, 4) is 0 Å². The minimum Gasteiger partial charge on any atom is -0.310 e. The minimum atomic E-state index is 0.807. The van der Waals surface area contributed by atoms with Crippen LogP contribution in [0.1, 0.15) is 32.6 Å². The van der Waals surface area contributed by atoms with Gasteiger partial charge >= 0.3 is 0 Å². The molecule has 0 amide bonds. The molecular weight excluding hydrogens is 204 g/mol. The van der Waals surface area contributed by atoms with Gasteiger partial charge in [0.05, 0.1) is 0 Å². The molecule has 2 rings (SSSR count). The molecule has 2 nitrogen and oxygen atoms in total. The fourth-order valence-corrected chi connectivity index (χ4v) is 3.80. The van der Waals surface area contributed by atoms with Crippen molar-refractivity contribution in [1.82, 2.24) is 10.2 Å². The van der Waals surface area contributed by atoms with Crippen LogP contribution in [-0.4, -0.2) is 48.1 Å². The molecule has 1 unspecified atom stereocenters. The number of piperidine rings is 1. The fourth-order valence-electron chi connectivity index (χ4n) is 2.64. The van der Waals surface area contributed by atoms with E-state index in [1.54, 1.807) is 0 Å². The third kappa shape index (κ3) is 3.65. The Balaban J connectivity index is 1.64. The standard InChI is InChI=1S/C12H24N2S/c1-2-6-14-7-3-11(4-8-14)13-12-5-9-15-10-12/h11-13H,2-10H2,1H3. The molecule has 2 heterocycles. The number of rotatable bonds is 4. The SMILES string of the molecule is CCCN1CCC(NC2CCSC2)CC1. The van der Waals surface area contributed by atoms with Crippen molar-refractivity contribution in [2.24, 2.45) is 0 Å². The van der Waals surface area contributed by atoms with Crippen molar-refractivity contribution >= 4 is 11.8 Å². The zero-order valence-electron chi connectivity index (χ0n) is 9.87. The largest absolute Gasteiger partial charge is 0.310 e. The van der Waals surface area contributed by atoms with E-state index >= 15 is 0 Å². The monoisotopic (exact) mass is 228 g/mol. The number of likely N-dealkylation sites (tertiary alicyclic amines) is 1. The zero-order valence-corrected chi connectivity index (χ0v) is 10.7. The van der Waals surface area contributed by atoms with E-state index < -0.39 is 0 Å². The summed E-state index contributed by atoms with van der Waals surface area (Å²) in [7, 11) is 0. The van der Waals surface area contributed by atoms with Crippen molar-refractivity contribution in [3.63, 3.8) is 0 Å². The molecule has 2 fully saturated rings. The highest BCUT2D eigenvalue weighted by molar-refractivity contribution is 7.99. The predicted octanol–water partition coefficient (Wildman–Crippen LogP) is 1.96. The second-order valence-electron chi connectivity index (χ2n) is 4.84. The molecule has 0 radical (unpaired) electrons. The van der Waals surface area contributed by atoms with E-state index in [0.29, 0.717) is 0 Å². The van der Waals surface area contributed by atoms with Crippen LogP contribution < -0.4 is 5.32 Å². The normalized spacial score (nSPS) is 29.8. The van der Waals surface area contributed by atoms with Crippen LogP contribution in [0.15, 0.2) is 0 Å². The molecule has 0 saturated carbocycles. The molecule has 2 saturated heterocycles. The van der Waals surface area contributed by atoms with Gasteiger partial charge in [-0.3, -0.25) is 0 Å². The van der Waals surface area contributed by atoms with Gasteiger partial charge in [-0.2, -0.15) is 11.8 Å². The summed E-state index contributed by atoms with van der Waals surface area (Å²) in [5.74, 6) is 2.71. The highest BCUT2D eigenvalue weighted by atomic mass is 32.2. The van der Waals surface area contributed by atoms with Crippen LogP contribution in [0, 0.1) is 0 Å². The maximum Gasteiger partial charge on any atom is 0.0168 e. The van der Waals surface area contributed by atoms with E-state index in [4.69, 9.17) is 0 Å². The summed E-state index contributed by atoms with van der Waals surface area (Å²) in [4.78, 5) is 2.61. The molecular formula is C12H24N2S. The predicted molar refractivity (Wildman–Crippen MR) is 68.6 cm³/mol. The molecule has 1 N–H and O–H groups in total. The number of nitrogens with zero attached hydrogens (tertiary/aromatic N) is 1. The molecule has 0 aliphatic carbocycles. The van der Waals surface area contributed by atoms with Crippen LogP contribution in [0.25, 0.3) is 0 Å². The summed E-state index contributed by atoms with van der Waals surface area (Å²) in [5.41, 5.74) is 0. The van der Waals surface area contributed by atoms with Crippen LogP contribution in [0.2, 0.25) is 0 Å². The highest BCUT2D eigenvalue weighted by Crippen LogP contribution is 2.19. The van der Waals surface area contributed by atoms with Crippen LogP contribution in [0.3, 0.4) is 0 Å². The first-order valence-electron chi connectivity index (χ1n) is 6.44. The summed E-state index contributed by atoms with van der Waals surface area (Å²) in [6.07, 6.45) is 5.42. The summed E-state index contributed by atoms with van der Waals surface area (Å²) < 4.78 is 0. The van der Waals surface area contributed by atoms with Crippen molar-refractivity contribution in [3.05, 3.63) is 0 Å². The fraction of sp³-hybridized carbons (Fsp3) is 1.00. The van der Waals surface area contributed by atoms with Gasteiger partial charge in [-0.15, -0.1) is 0 Å². The van der Waals surface area contributed by atoms with Gasteiger partial charge < -0.3 is 10.2 Å². The Morgan fingerprint density at radius 3 is 2.60 bits per heavy atom. The van der Waals surface area contributed by atoms with Gasteiger partial charge in [0.1, 0.15) is 0 Å². The summed E-state index contributed by atoms with van der Waals surface area (Å²) >= 11 is 2.11. The molecule has 0 aromatic heterocycles. The Hall–Kier alpha value is 0.270. The van der Waals surface area contributed by atoms with Gasteiger partial charge in [0.25, 0.3) is 0 Å². The van der Waals surface area contributed by atoms with Crippen molar-refractivity contribution in [2.75, 3.05) is 31.1 Å². The molecule has 2 aliphatic heterocycles.